The molecule has 0 aromatic rings. The highest BCUT2D eigenvalue weighted by atomic mass is 16.4. The van der Waals surface area contributed by atoms with Crippen LogP contribution in [-0.2, 0) is 4.79 Å². The van der Waals surface area contributed by atoms with Gasteiger partial charge in [0.15, 0.2) is 0 Å². The first-order chi connectivity index (χ1) is 7.58. The van der Waals surface area contributed by atoms with Gasteiger partial charge in [0.25, 0.3) is 0 Å². The average Bonchev–Trinajstić information content (AvgIpc) is 1.95. The summed E-state index contributed by atoms with van der Waals surface area (Å²) in [5, 5.41) is 11.5. The first kappa shape index (κ1) is 16.2. The summed E-state index contributed by atoms with van der Waals surface area (Å²) in [4.78, 5) is 9.51. The number of piperidine rings is 1. The molecule has 1 heterocycles. The summed E-state index contributed by atoms with van der Waals surface area (Å²) < 4.78 is 0. The van der Waals surface area contributed by atoms with Crippen molar-refractivity contribution in [2.45, 2.75) is 65.5 Å². The third kappa shape index (κ3) is 7.97. The van der Waals surface area contributed by atoms with Gasteiger partial charge >= 0.3 is 5.97 Å². The van der Waals surface area contributed by atoms with Crippen molar-refractivity contribution in [1.29, 1.82) is 0 Å². The molecule has 0 spiro atoms. The lowest BCUT2D eigenvalue weighted by Gasteiger charge is -2.45. The largest absolute Gasteiger partial charge is 0.478 e. The normalized spacial score (nSPS) is 22.9. The second-order valence-electron chi connectivity index (χ2n) is 6.24. The van der Waals surface area contributed by atoms with E-state index in [0.717, 1.165) is 12.0 Å². The van der Waals surface area contributed by atoms with Crippen LogP contribution in [0.5, 0.6) is 0 Å². The van der Waals surface area contributed by atoms with Crippen LogP contribution in [0.2, 0.25) is 0 Å². The van der Waals surface area contributed by atoms with E-state index in [-0.39, 0.29) is 0 Å². The molecule has 0 unspecified atom stereocenters. The molecule has 100 valence electrons. The minimum atomic E-state index is -0.891. The zero-order valence-corrected chi connectivity index (χ0v) is 12.0. The Balaban J connectivity index is 0.000000366. The number of allylic oxidation sites excluding steroid dienone is 1. The number of nitrogens with one attached hydrogen (secondary N) is 1. The van der Waals surface area contributed by atoms with Gasteiger partial charge in [-0.25, -0.2) is 4.79 Å². The molecule has 0 amide bonds. The third-order valence-corrected chi connectivity index (χ3v) is 2.70. The van der Waals surface area contributed by atoms with Crippen LogP contribution < -0.4 is 5.32 Å². The highest BCUT2D eigenvalue weighted by Crippen LogP contribution is 2.31. The Kier molecular flexibility index (Phi) is 5.89. The molecule has 3 nitrogen and oxygen atoms in total. The highest BCUT2D eigenvalue weighted by Gasteiger charge is 2.35. The topological polar surface area (TPSA) is 49.3 Å². The number of hydrogen-bond acceptors (Lipinski definition) is 2. The highest BCUT2D eigenvalue weighted by molar-refractivity contribution is 5.79. The van der Waals surface area contributed by atoms with E-state index >= 15 is 0 Å². The van der Waals surface area contributed by atoms with Crippen molar-refractivity contribution in [3.63, 3.8) is 0 Å². The summed E-state index contributed by atoms with van der Waals surface area (Å²) in [6, 6.07) is 0. The molecule has 0 aliphatic carbocycles. The number of carbonyl (C=O) groups is 1. The molecule has 1 aliphatic heterocycles. The monoisotopic (exact) mass is 241 g/mol. The molecule has 0 aromatic carbocycles. The van der Waals surface area contributed by atoms with Crippen molar-refractivity contribution >= 4 is 5.97 Å². The maximum atomic E-state index is 9.51. The van der Waals surface area contributed by atoms with E-state index < -0.39 is 5.97 Å². The average molecular weight is 241 g/mol. The lowest BCUT2D eigenvalue weighted by molar-refractivity contribution is -0.131. The fraction of sp³-hybridized carbons (Fsp3) is 0.786. The summed E-state index contributed by atoms with van der Waals surface area (Å²) in [5.41, 5.74) is 0.669. The van der Waals surface area contributed by atoms with E-state index in [1.165, 1.54) is 18.9 Å². The molecule has 1 aliphatic rings. The van der Waals surface area contributed by atoms with Gasteiger partial charge in [0.1, 0.15) is 0 Å². The molecule has 0 saturated carbocycles. The lowest BCUT2D eigenvalue weighted by atomic mass is 9.77. The molecule has 1 rings (SSSR count). The zero-order valence-electron chi connectivity index (χ0n) is 12.0. The van der Waals surface area contributed by atoms with Gasteiger partial charge < -0.3 is 10.4 Å². The standard InChI is InChI=1S/C10H21N.C4H6O2/c1-8-6-9(2,3)11-10(4,5)7-8;1-2-3-4(5)6/h8,11H,6-7H2,1-5H3;2-3H,1H3,(H,5,6)/b;3-2+. The van der Waals surface area contributed by atoms with Gasteiger partial charge in [0.05, 0.1) is 0 Å². The van der Waals surface area contributed by atoms with E-state index in [1.54, 1.807) is 6.92 Å². The number of aliphatic carboxylic acids is 1. The predicted octanol–water partition coefficient (Wildman–Crippen LogP) is 3.21. The molecular formula is C14H27NO2. The minimum absolute atomic E-state index is 0.334. The molecule has 1 fully saturated rings. The van der Waals surface area contributed by atoms with Crippen LogP contribution in [0.4, 0.5) is 0 Å². The minimum Gasteiger partial charge on any atom is -0.478 e. The Morgan fingerprint density at radius 3 is 1.82 bits per heavy atom. The Bertz CT molecular complexity index is 264. The van der Waals surface area contributed by atoms with Gasteiger partial charge in [-0.05, 0) is 53.4 Å². The van der Waals surface area contributed by atoms with Gasteiger partial charge in [-0.15, -0.1) is 0 Å². The van der Waals surface area contributed by atoms with Crippen molar-refractivity contribution in [3.05, 3.63) is 12.2 Å². The van der Waals surface area contributed by atoms with Gasteiger partial charge in [-0.3, -0.25) is 0 Å². The first-order valence-electron chi connectivity index (χ1n) is 6.23. The van der Waals surface area contributed by atoms with Gasteiger partial charge in [-0.1, -0.05) is 13.0 Å². The van der Waals surface area contributed by atoms with Crippen LogP contribution in [0.3, 0.4) is 0 Å². The molecule has 0 bridgehead atoms. The number of carboxylic acids is 1. The Labute approximate surface area is 105 Å². The third-order valence-electron chi connectivity index (χ3n) is 2.70. The van der Waals surface area contributed by atoms with E-state index in [2.05, 4.69) is 39.9 Å². The summed E-state index contributed by atoms with van der Waals surface area (Å²) in [5.74, 6) is -0.0289. The quantitative estimate of drug-likeness (QED) is 0.693. The Morgan fingerprint density at radius 2 is 1.65 bits per heavy atom. The van der Waals surface area contributed by atoms with E-state index in [4.69, 9.17) is 5.11 Å². The van der Waals surface area contributed by atoms with Crippen LogP contribution in [-0.4, -0.2) is 22.2 Å². The van der Waals surface area contributed by atoms with E-state index in [0.29, 0.717) is 11.1 Å². The second kappa shape index (κ2) is 6.20. The molecule has 17 heavy (non-hydrogen) atoms. The van der Waals surface area contributed by atoms with E-state index in [1.807, 2.05) is 0 Å². The maximum Gasteiger partial charge on any atom is 0.327 e. The number of rotatable bonds is 1. The summed E-state index contributed by atoms with van der Waals surface area (Å²) in [6.07, 6.45) is 5.16. The van der Waals surface area contributed by atoms with Crippen LogP contribution in [0.1, 0.15) is 54.4 Å². The molecular weight excluding hydrogens is 214 g/mol. The molecule has 3 heteroatoms. The molecule has 2 N–H and O–H groups in total. The van der Waals surface area contributed by atoms with Crippen molar-refractivity contribution < 1.29 is 9.90 Å². The van der Waals surface area contributed by atoms with Gasteiger partial charge in [0.2, 0.25) is 0 Å². The zero-order chi connectivity index (χ0) is 13.7. The van der Waals surface area contributed by atoms with E-state index in [9.17, 15) is 4.79 Å². The predicted molar refractivity (Wildman–Crippen MR) is 72.1 cm³/mol. The van der Waals surface area contributed by atoms with Crippen molar-refractivity contribution in [3.8, 4) is 0 Å². The Hall–Kier alpha value is -0.830. The van der Waals surface area contributed by atoms with Crippen LogP contribution in [0.15, 0.2) is 12.2 Å². The van der Waals surface area contributed by atoms with Crippen molar-refractivity contribution in [1.82, 2.24) is 5.32 Å². The number of hydrogen-bond donors (Lipinski definition) is 2. The molecule has 0 aromatic heterocycles. The van der Waals surface area contributed by atoms with Crippen molar-refractivity contribution in [2.75, 3.05) is 0 Å². The SMILES string of the molecule is C/C=C/C(=O)O.CC1CC(C)(C)NC(C)(C)C1. The summed E-state index contributed by atoms with van der Waals surface area (Å²) >= 11 is 0. The fourth-order valence-corrected chi connectivity index (χ4v) is 2.98. The summed E-state index contributed by atoms with van der Waals surface area (Å²) in [6.45, 7) is 13.2. The molecule has 0 radical (unpaired) electrons. The Morgan fingerprint density at radius 1 is 1.24 bits per heavy atom. The fourth-order valence-electron chi connectivity index (χ4n) is 2.98. The van der Waals surface area contributed by atoms with Gasteiger partial charge in [0, 0.05) is 17.2 Å². The maximum absolute atomic E-state index is 9.51. The molecule has 0 atom stereocenters. The van der Waals surface area contributed by atoms with Gasteiger partial charge in [-0.2, -0.15) is 0 Å². The number of carboxylic acid groups (broad SMARTS) is 1. The lowest BCUT2D eigenvalue weighted by Crippen LogP contribution is -2.57. The van der Waals surface area contributed by atoms with Crippen molar-refractivity contribution in [2.24, 2.45) is 5.92 Å². The van der Waals surface area contributed by atoms with Crippen LogP contribution in [0.25, 0.3) is 0 Å². The summed E-state index contributed by atoms with van der Waals surface area (Å²) in [7, 11) is 0. The van der Waals surface area contributed by atoms with Crippen LogP contribution >= 0.6 is 0 Å². The first-order valence-corrected chi connectivity index (χ1v) is 6.23. The van der Waals surface area contributed by atoms with Crippen LogP contribution in [0, 0.1) is 5.92 Å². The second-order valence-corrected chi connectivity index (χ2v) is 6.24. The smallest absolute Gasteiger partial charge is 0.327 e. The molecule has 1 saturated heterocycles.